The molecular weight excluding hydrogens is 483 g/mol. The first-order valence-corrected chi connectivity index (χ1v) is 14.6. The standard InChI is InChI=1S/C32H45FO5/c1-3-5-7-9-10-12-14-25-23-36-32(37-24-25)29-20-15-26(22-30(29)33)31(34)38-28-18-16-27(17-19-28)35-21-13-11-8-6-4-2/h15-20,22,25,32H,3-14,21,23-24H2,1-2H3. The van der Waals surface area contributed by atoms with Crippen molar-refractivity contribution in [2.75, 3.05) is 19.8 Å². The zero-order valence-corrected chi connectivity index (χ0v) is 23.2. The van der Waals surface area contributed by atoms with Crippen LogP contribution in [-0.4, -0.2) is 25.8 Å². The van der Waals surface area contributed by atoms with Gasteiger partial charge in [0.15, 0.2) is 6.29 Å². The number of rotatable bonds is 17. The lowest BCUT2D eigenvalue weighted by Crippen LogP contribution is -2.27. The Morgan fingerprint density at radius 2 is 1.42 bits per heavy atom. The largest absolute Gasteiger partial charge is 0.494 e. The summed E-state index contributed by atoms with van der Waals surface area (Å²) in [6.45, 7) is 6.21. The SMILES string of the molecule is CCCCCCCCC1COC(c2ccc(C(=O)Oc3ccc(OCCCCCCC)cc3)cc2F)OC1. The van der Waals surface area contributed by atoms with Crippen molar-refractivity contribution < 1.29 is 28.1 Å². The predicted octanol–water partition coefficient (Wildman–Crippen LogP) is 8.81. The van der Waals surface area contributed by atoms with Crippen LogP contribution in [0.25, 0.3) is 0 Å². The van der Waals surface area contributed by atoms with Gasteiger partial charge < -0.3 is 18.9 Å². The van der Waals surface area contributed by atoms with Gasteiger partial charge in [-0.05, 0) is 49.2 Å². The second-order valence-electron chi connectivity index (χ2n) is 10.3. The van der Waals surface area contributed by atoms with Crippen LogP contribution in [0.2, 0.25) is 0 Å². The van der Waals surface area contributed by atoms with Gasteiger partial charge in [-0.3, -0.25) is 0 Å². The van der Waals surface area contributed by atoms with Crippen molar-refractivity contribution in [3.63, 3.8) is 0 Å². The number of esters is 1. The normalized spacial score (nSPS) is 17.3. The molecule has 0 spiro atoms. The molecular formula is C32H45FO5. The van der Waals surface area contributed by atoms with Gasteiger partial charge in [-0.2, -0.15) is 0 Å². The van der Waals surface area contributed by atoms with Gasteiger partial charge in [-0.1, -0.05) is 84.1 Å². The zero-order chi connectivity index (χ0) is 27.0. The highest BCUT2D eigenvalue weighted by Crippen LogP contribution is 2.30. The number of unbranched alkanes of at least 4 members (excludes halogenated alkanes) is 9. The summed E-state index contributed by atoms with van der Waals surface area (Å²) in [7, 11) is 0. The van der Waals surface area contributed by atoms with Gasteiger partial charge >= 0.3 is 5.97 Å². The summed E-state index contributed by atoms with van der Waals surface area (Å²) in [5, 5.41) is 0. The number of hydrogen-bond donors (Lipinski definition) is 0. The molecule has 2 aromatic rings. The van der Waals surface area contributed by atoms with Crippen LogP contribution in [0.3, 0.4) is 0 Å². The zero-order valence-electron chi connectivity index (χ0n) is 23.2. The van der Waals surface area contributed by atoms with Gasteiger partial charge in [-0.25, -0.2) is 9.18 Å². The molecule has 1 saturated heterocycles. The van der Waals surface area contributed by atoms with Crippen LogP contribution < -0.4 is 9.47 Å². The summed E-state index contributed by atoms with van der Waals surface area (Å²) >= 11 is 0. The van der Waals surface area contributed by atoms with Gasteiger partial charge in [0.2, 0.25) is 0 Å². The number of carbonyl (C=O) groups excluding carboxylic acids is 1. The Balaban J connectivity index is 1.40. The van der Waals surface area contributed by atoms with Crippen LogP contribution >= 0.6 is 0 Å². The molecule has 6 heteroatoms. The molecule has 1 fully saturated rings. The molecule has 0 atom stereocenters. The van der Waals surface area contributed by atoms with Crippen LogP contribution in [-0.2, 0) is 9.47 Å². The quantitative estimate of drug-likeness (QED) is 0.117. The fraction of sp³-hybridized carbons (Fsp3) is 0.594. The maximum atomic E-state index is 14.9. The molecule has 5 nitrogen and oxygen atoms in total. The lowest BCUT2D eigenvalue weighted by molar-refractivity contribution is -0.207. The van der Waals surface area contributed by atoms with Crippen LogP contribution in [0.1, 0.15) is 113 Å². The van der Waals surface area contributed by atoms with E-state index in [1.807, 2.05) is 0 Å². The van der Waals surface area contributed by atoms with E-state index in [1.54, 1.807) is 36.4 Å². The smallest absolute Gasteiger partial charge is 0.343 e. The van der Waals surface area contributed by atoms with Crippen LogP contribution in [0, 0.1) is 11.7 Å². The Hall–Kier alpha value is -2.44. The van der Waals surface area contributed by atoms with Crippen LogP contribution in [0.15, 0.2) is 42.5 Å². The number of ether oxygens (including phenoxy) is 4. The number of carbonyl (C=O) groups is 1. The highest BCUT2D eigenvalue weighted by molar-refractivity contribution is 5.91. The fourth-order valence-corrected chi connectivity index (χ4v) is 4.61. The number of benzene rings is 2. The molecule has 0 amide bonds. The van der Waals surface area contributed by atoms with E-state index in [0.717, 1.165) is 25.0 Å². The molecule has 1 heterocycles. The van der Waals surface area contributed by atoms with Gasteiger partial charge in [0.1, 0.15) is 17.3 Å². The van der Waals surface area contributed by atoms with E-state index in [0.29, 0.717) is 37.1 Å². The second kappa shape index (κ2) is 17.2. The number of halogens is 1. The van der Waals surface area contributed by atoms with Crippen LogP contribution in [0.4, 0.5) is 4.39 Å². The Morgan fingerprint density at radius 3 is 2.08 bits per heavy atom. The van der Waals surface area contributed by atoms with E-state index >= 15 is 0 Å². The molecule has 1 aliphatic heterocycles. The summed E-state index contributed by atoms with van der Waals surface area (Å²) in [5.74, 6) is 0.297. The van der Waals surface area contributed by atoms with Crippen molar-refractivity contribution in [3.05, 3.63) is 59.4 Å². The first-order chi connectivity index (χ1) is 18.6. The lowest BCUT2D eigenvalue weighted by Gasteiger charge is -2.30. The molecule has 0 aliphatic carbocycles. The Kier molecular flexibility index (Phi) is 13.6. The molecule has 0 saturated carbocycles. The highest BCUT2D eigenvalue weighted by atomic mass is 19.1. The van der Waals surface area contributed by atoms with Crippen molar-refractivity contribution >= 4 is 5.97 Å². The molecule has 0 radical (unpaired) electrons. The maximum absolute atomic E-state index is 14.9. The minimum Gasteiger partial charge on any atom is -0.494 e. The summed E-state index contributed by atoms with van der Waals surface area (Å²) in [6, 6.07) is 11.2. The van der Waals surface area contributed by atoms with E-state index in [4.69, 9.17) is 18.9 Å². The topological polar surface area (TPSA) is 54.0 Å². The second-order valence-corrected chi connectivity index (χ2v) is 10.3. The first kappa shape index (κ1) is 30.1. The monoisotopic (exact) mass is 528 g/mol. The minimum atomic E-state index is -0.750. The lowest BCUT2D eigenvalue weighted by atomic mass is 10.0. The van der Waals surface area contributed by atoms with E-state index in [1.165, 1.54) is 63.9 Å². The molecule has 1 aliphatic rings. The molecule has 38 heavy (non-hydrogen) atoms. The Bertz CT molecular complexity index is 937. The van der Waals surface area contributed by atoms with Gasteiger partial charge in [-0.15, -0.1) is 0 Å². The molecule has 3 rings (SSSR count). The van der Waals surface area contributed by atoms with Gasteiger partial charge in [0, 0.05) is 11.5 Å². The molecule has 0 N–H and O–H groups in total. The van der Waals surface area contributed by atoms with Crippen molar-refractivity contribution in [3.8, 4) is 11.5 Å². The molecule has 0 aromatic heterocycles. The predicted molar refractivity (Wildman–Crippen MR) is 148 cm³/mol. The summed E-state index contributed by atoms with van der Waals surface area (Å²) in [5.41, 5.74) is 0.436. The van der Waals surface area contributed by atoms with Crippen molar-refractivity contribution in [2.45, 2.75) is 97.2 Å². The maximum Gasteiger partial charge on any atom is 0.343 e. The third kappa shape index (κ3) is 10.4. The number of hydrogen-bond acceptors (Lipinski definition) is 5. The van der Waals surface area contributed by atoms with Gasteiger partial charge in [0.05, 0.1) is 25.4 Å². The van der Waals surface area contributed by atoms with Crippen LogP contribution in [0.5, 0.6) is 11.5 Å². The van der Waals surface area contributed by atoms with Crippen molar-refractivity contribution in [2.24, 2.45) is 5.92 Å². The summed E-state index contributed by atoms with van der Waals surface area (Å²) < 4.78 is 37.7. The highest BCUT2D eigenvalue weighted by Gasteiger charge is 2.26. The fourth-order valence-electron chi connectivity index (χ4n) is 4.61. The molecule has 210 valence electrons. The molecule has 0 unspecified atom stereocenters. The third-order valence-corrected chi connectivity index (χ3v) is 6.97. The van der Waals surface area contributed by atoms with Crippen molar-refractivity contribution in [1.29, 1.82) is 0 Å². The minimum absolute atomic E-state index is 0.135. The summed E-state index contributed by atoms with van der Waals surface area (Å²) in [4.78, 5) is 12.6. The average molecular weight is 529 g/mol. The van der Waals surface area contributed by atoms with Gasteiger partial charge in [0.25, 0.3) is 0 Å². The molecule has 2 aromatic carbocycles. The Labute approximate surface area is 228 Å². The van der Waals surface area contributed by atoms with E-state index in [2.05, 4.69) is 13.8 Å². The molecule has 0 bridgehead atoms. The Morgan fingerprint density at radius 1 is 0.816 bits per heavy atom. The van der Waals surface area contributed by atoms with E-state index in [-0.39, 0.29) is 5.56 Å². The van der Waals surface area contributed by atoms with E-state index in [9.17, 15) is 9.18 Å². The average Bonchev–Trinajstić information content (AvgIpc) is 2.94. The summed E-state index contributed by atoms with van der Waals surface area (Å²) in [6.07, 6.45) is 13.8. The van der Waals surface area contributed by atoms with Crippen molar-refractivity contribution in [1.82, 2.24) is 0 Å². The first-order valence-electron chi connectivity index (χ1n) is 14.6. The third-order valence-electron chi connectivity index (χ3n) is 6.97. The van der Waals surface area contributed by atoms with E-state index < -0.39 is 18.1 Å².